The number of rotatable bonds is 4. The SMILES string of the molecule is CC(C)(C)OC(=O)N1CCC(N2C(=O)C(=O)N([C@H]3CCCN(C[C@H]4COc5ccccc5O4)C3)C2=O)CC1. The van der Waals surface area contributed by atoms with Crippen LogP contribution in [-0.4, -0.2) is 107 Å². The number of imide groups is 2. The first-order valence-electron chi connectivity index (χ1n) is 13.4. The number of carbonyl (C=O) groups excluding carboxylic acids is 4. The van der Waals surface area contributed by atoms with Gasteiger partial charge in [-0.15, -0.1) is 0 Å². The van der Waals surface area contributed by atoms with Gasteiger partial charge in [-0.1, -0.05) is 12.1 Å². The Hall–Kier alpha value is -3.34. The lowest BCUT2D eigenvalue weighted by Gasteiger charge is -2.39. The fraction of sp³-hybridized carbons (Fsp3) is 0.630. The minimum atomic E-state index is -0.775. The van der Waals surface area contributed by atoms with Gasteiger partial charge in [-0.05, 0) is 65.1 Å². The molecule has 2 atom stereocenters. The molecule has 0 aromatic heterocycles. The van der Waals surface area contributed by atoms with E-state index in [0.717, 1.165) is 28.5 Å². The molecule has 4 aliphatic rings. The van der Waals surface area contributed by atoms with Crippen LogP contribution in [0.4, 0.5) is 9.59 Å². The van der Waals surface area contributed by atoms with Crippen LogP contribution in [-0.2, 0) is 14.3 Å². The number of para-hydroxylation sites is 2. The number of amides is 5. The Morgan fingerprint density at radius 1 is 0.947 bits per heavy atom. The van der Waals surface area contributed by atoms with Crippen molar-refractivity contribution >= 4 is 23.9 Å². The average Bonchev–Trinajstić information content (AvgIpc) is 3.10. The molecule has 1 aromatic carbocycles. The quantitative estimate of drug-likeness (QED) is 0.433. The number of hydrogen-bond donors (Lipinski definition) is 0. The number of benzene rings is 1. The van der Waals surface area contributed by atoms with E-state index in [1.165, 1.54) is 0 Å². The smallest absolute Gasteiger partial charge is 0.410 e. The summed E-state index contributed by atoms with van der Waals surface area (Å²) in [6.45, 7) is 8.45. The summed E-state index contributed by atoms with van der Waals surface area (Å²) in [7, 11) is 0. The molecule has 4 heterocycles. The third-order valence-corrected chi connectivity index (χ3v) is 7.39. The van der Waals surface area contributed by atoms with Crippen molar-refractivity contribution in [2.45, 2.75) is 70.2 Å². The molecule has 11 heteroatoms. The summed E-state index contributed by atoms with van der Waals surface area (Å²) in [6.07, 6.45) is 1.70. The topological polar surface area (TPSA) is 109 Å². The van der Waals surface area contributed by atoms with Crippen molar-refractivity contribution < 1.29 is 33.4 Å². The summed E-state index contributed by atoms with van der Waals surface area (Å²) in [5, 5.41) is 0. The highest BCUT2D eigenvalue weighted by atomic mass is 16.6. The van der Waals surface area contributed by atoms with Crippen LogP contribution in [0.5, 0.6) is 11.5 Å². The first-order chi connectivity index (χ1) is 18.1. The van der Waals surface area contributed by atoms with Crippen molar-refractivity contribution in [1.82, 2.24) is 19.6 Å². The molecule has 0 unspecified atom stereocenters. The Balaban J connectivity index is 1.18. The minimum Gasteiger partial charge on any atom is -0.486 e. The summed E-state index contributed by atoms with van der Waals surface area (Å²) >= 11 is 0. The fourth-order valence-corrected chi connectivity index (χ4v) is 5.62. The van der Waals surface area contributed by atoms with Crippen molar-refractivity contribution in [3.05, 3.63) is 24.3 Å². The average molecular weight is 529 g/mol. The monoisotopic (exact) mass is 528 g/mol. The van der Waals surface area contributed by atoms with Gasteiger partial charge in [0.05, 0.1) is 6.04 Å². The van der Waals surface area contributed by atoms with E-state index in [-0.39, 0.29) is 12.1 Å². The number of likely N-dealkylation sites (tertiary alicyclic amines) is 2. The zero-order valence-corrected chi connectivity index (χ0v) is 22.3. The van der Waals surface area contributed by atoms with Gasteiger partial charge in [-0.3, -0.25) is 24.3 Å². The Morgan fingerprint density at radius 3 is 2.29 bits per heavy atom. The van der Waals surface area contributed by atoms with Crippen molar-refractivity contribution in [2.24, 2.45) is 0 Å². The maximum Gasteiger partial charge on any atom is 0.410 e. The van der Waals surface area contributed by atoms with Crippen LogP contribution in [0.15, 0.2) is 24.3 Å². The van der Waals surface area contributed by atoms with E-state index in [1.807, 2.05) is 24.3 Å². The van der Waals surface area contributed by atoms with Crippen LogP contribution in [0, 0.1) is 0 Å². The van der Waals surface area contributed by atoms with Gasteiger partial charge < -0.3 is 19.1 Å². The van der Waals surface area contributed by atoms with E-state index in [4.69, 9.17) is 14.2 Å². The van der Waals surface area contributed by atoms with Crippen molar-refractivity contribution in [3.8, 4) is 11.5 Å². The van der Waals surface area contributed by atoms with Crippen LogP contribution in [0.1, 0.15) is 46.5 Å². The van der Waals surface area contributed by atoms with Crippen molar-refractivity contribution in [2.75, 3.05) is 39.3 Å². The second-order valence-corrected chi connectivity index (χ2v) is 11.4. The van der Waals surface area contributed by atoms with Crippen LogP contribution in [0.2, 0.25) is 0 Å². The first-order valence-corrected chi connectivity index (χ1v) is 13.4. The molecule has 0 saturated carbocycles. The fourth-order valence-electron chi connectivity index (χ4n) is 5.62. The van der Waals surface area contributed by atoms with Gasteiger partial charge in [0, 0.05) is 32.2 Å². The molecule has 3 saturated heterocycles. The normalized spacial score (nSPS) is 25.2. The number of urea groups is 1. The van der Waals surface area contributed by atoms with Gasteiger partial charge in [0.25, 0.3) is 0 Å². The third-order valence-electron chi connectivity index (χ3n) is 7.39. The molecule has 4 aliphatic heterocycles. The molecule has 3 fully saturated rings. The zero-order chi connectivity index (χ0) is 27.0. The number of nitrogens with zero attached hydrogens (tertiary/aromatic N) is 4. The highest BCUT2D eigenvalue weighted by Crippen LogP contribution is 2.32. The van der Waals surface area contributed by atoms with Gasteiger partial charge in [0.1, 0.15) is 18.3 Å². The van der Waals surface area contributed by atoms with Crippen LogP contribution < -0.4 is 9.47 Å². The largest absolute Gasteiger partial charge is 0.486 e. The van der Waals surface area contributed by atoms with E-state index >= 15 is 0 Å². The van der Waals surface area contributed by atoms with Crippen LogP contribution >= 0.6 is 0 Å². The highest BCUT2D eigenvalue weighted by molar-refractivity contribution is 6.44. The lowest BCUT2D eigenvalue weighted by molar-refractivity contribution is -0.145. The van der Waals surface area contributed by atoms with Gasteiger partial charge >= 0.3 is 23.9 Å². The number of fused-ring (bicyclic) bond motifs is 1. The number of ether oxygens (including phenoxy) is 3. The highest BCUT2D eigenvalue weighted by Gasteiger charge is 2.51. The molecule has 0 radical (unpaired) electrons. The van der Waals surface area contributed by atoms with Gasteiger partial charge in [0.15, 0.2) is 11.5 Å². The molecule has 0 N–H and O–H groups in total. The summed E-state index contributed by atoms with van der Waals surface area (Å²) in [4.78, 5) is 57.8. The van der Waals surface area contributed by atoms with E-state index in [0.29, 0.717) is 57.8 Å². The molecule has 0 spiro atoms. The first kappa shape index (κ1) is 26.3. The van der Waals surface area contributed by atoms with E-state index in [9.17, 15) is 19.2 Å². The maximum absolute atomic E-state index is 13.4. The molecule has 11 nitrogen and oxygen atoms in total. The van der Waals surface area contributed by atoms with Crippen LogP contribution in [0.3, 0.4) is 0 Å². The molecule has 206 valence electrons. The predicted molar refractivity (Wildman–Crippen MR) is 136 cm³/mol. The number of hydrogen-bond acceptors (Lipinski definition) is 8. The number of carbonyl (C=O) groups is 4. The minimum absolute atomic E-state index is 0.165. The van der Waals surface area contributed by atoms with Gasteiger partial charge in [-0.2, -0.15) is 0 Å². The summed E-state index contributed by atoms with van der Waals surface area (Å²) < 4.78 is 17.3. The van der Waals surface area contributed by atoms with E-state index < -0.39 is 35.6 Å². The lowest BCUT2D eigenvalue weighted by Crippen LogP contribution is -2.54. The van der Waals surface area contributed by atoms with Crippen molar-refractivity contribution in [3.63, 3.8) is 0 Å². The predicted octanol–water partition coefficient (Wildman–Crippen LogP) is 2.48. The summed E-state index contributed by atoms with van der Waals surface area (Å²) in [5.74, 6) is -0.101. The maximum atomic E-state index is 13.4. The lowest BCUT2D eigenvalue weighted by atomic mass is 10.0. The Labute approximate surface area is 222 Å². The summed E-state index contributed by atoms with van der Waals surface area (Å²) in [6, 6.07) is 6.20. The third kappa shape index (κ3) is 5.43. The molecule has 1 aromatic rings. The zero-order valence-electron chi connectivity index (χ0n) is 22.3. The molecular weight excluding hydrogens is 492 g/mol. The van der Waals surface area contributed by atoms with E-state index in [1.54, 1.807) is 25.7 Å². The van der Waals surface area contributed by atoms with Gasteiger partial charge in [-0.25, -0.2) is 9.59 Å². The second-order valence-electron chi connectivity index (χ2n) is 11.4. The molecule has 5 amide bonds. The van der Waals surface area contributed by atoms with Crippen molar-refractivity contribution in [1.29, 1.82) is 0 Å². The second kappa shape index (κ2) is 10.4. The number of piperidine rings is 2. The molecular formula is C27H36N4O7. The Morgan fingerprint density at radius 2 is 1.61 bits per heavy atom. The molecule has 0 aliphatic carbocycles. The Bertz CT molecular complexity index is 1100. The van der Waals surface area contributed by atoms with Gasteiger partial charge in [0.2, 0.25) is 0 Å². The summed E-state index contributed by atoms with van der Waals surface area (Å²) in [5.41, 5.74) is -0.601. The van der Waals surface area contributed by atoms with E-state index in [2.05, 4.69) is 4.90 Å². The Kier molecular flexibility index (Phi) is 7.21. The standard InChI is InChI=1S/C27H36N4O7/c1-27(2,3)38-26(35)29-13-10-18(11-14-29)30-23(32)24(33)31(25(30)34)19-7-6-12-28(15-19)16-20-17-36-21-8-4-5-9-22(21)37-20/h4-5,8-9,18-20H,6-7,10-17H2,1-3H3/t19-,20-/m0/s1. The van der Waals surface area contributed by atoms with Crippen LogP contribution in [0.25, 0.3) is 0 Å². The molecule has 0 bridgehead atoms. The molecule has 38 heavy (non-hydrogen) atoms. The molecule has 5 rings (SSSR count).